The summed E-state index contributed by atoms with van der Waals surface area (Å²) in [7, 11) is 1.65. The molecular formula is C20H18N4O5S. The zero-order valence-electron chi connectivity index (χ0n) is 16.2. The van der Waals surface area contributed by atoms with Crippen molar-refractivity contribution < 1.29 is 19.2 Å². The van der Waals surface area contributed by atoms with Crippen LogP contribution in [0.5, 0.6) is 11.5 Å². The Morgan fingerprint density at radius 2 is 2.03 bits per heavy atom. The van der Waals surface area contributed by atoms with Crippen molar-refractivity contribution in [2.75, 3.05) is 24.5 Å². The Balaban J connectivity index is 1.53. The predicted octanol–water partition coefficient (Wildman–Crippen LogP) is 3.97. The minimum Gasteiger partial charge on any atom is -0.454 e. The number of aryl methyl sites for hydroxylation is 1. The number of rotatable bonds is 6. The smallest absolute Gasteiger partial charge is 0.270 e. The van der Waals surface area contributed by atoms with Gasteiger partial charge >= 0.3 is 0 Å². The van der Waals surface area contributed by atoms with Crippen molar-refractivity contribution in [1.82, 2.24) is 4.98 Å². The number of anilines is 2. The highest BCUT2D eigenvalue weighted by Gasteiger charge is 2.19. The fraction of sp³-hybridized carbons (Fsp3) is 0.200. The van der Waals surface area contributed by atoms with Crippen LogP contribution >= 0.6 is 11.3 Å². The van der Waals surface area contributed by atoms with Crippen LogP contribution in [0.25, 0.3) is 0 Å². The van der Waals surface area contributed by atoms with Crippen LogP contribution in [-0.4, -0.2) is 29.7 Å². The molecule has 2 aromatic carbocycles. The normalized spacial score (nSPS) is 11.9. The minimum absolute atomic E-state index is 0.155. The van der Waals surface area contributed by atoms with Crippen LogP contribution in [0.2, 0.25) is 0 Å². The molecule has 1 aliphatic heterocycles. The molecule has 4 rings (SSSR count). The van der Waals surface area contributed by atoms with E-state index in [1.807, 2.05) is 25.1 Å². The maximum atomic E-state index is 12.7. The Morgan fingerprint density at radius 1 is 1.23 bits per heavy atom. The first-order valence-electron chi connectivity index (χ1n) is 9.07. The number of amides is 1. The number of nitrogens with zero attached hydrogens (tertiary/aromatic N) is 2. The third-order valence-electron chi connectivity index (χ3n) is 4.64. The number of ether oxygens (including phenoxy) is 2. The first-order valence-corrected chi connectivity index (χ1v) is 9.88. The van der Waals surface area contributed by atoms with Crippen molar-refractivity contribution >= 4 is 33.8 Å². The van der Waals surface area contributed by atoms with Gasteiger partial charge in [-0.3, -0.25) is 20.2 Å². The van der Waals surface area contributed by atoms with E-state index >= 15 is 0 Å². The number of benzene rings is 2. The fourth-order valence-electron chi connectivity index (χ4n) is 3.10. The lowest BCUT2D eigenvalue weighted by atomic mass is 10.1. The maximum Gasteiger partial charge on any atom is 0.270 e. The summed E-state index contributed by atoms with van der Waals surface area (Å²) in [6.45, 7) is 2.10. The number of hydrogen-bond donors (Lipinski definition) is 2. The van der Waals surface area contributed by atoms with Crippen molar-refractivity contribution in [3.63, 3.8) is 0 Å². The molecule has 30 heavy (non-hydrogen) atoms. The second-order valence-corrected chi connectivity index (χ2v) is 7.67. The van der Waals surface area contributed by atoms with Crippen LogP contribution in [0.15, 0.2) is 36.4 Å². The molecule has 1 amide bonds. The number of hydrogen-bond acceptors (Lipinski definition) is 8. The molecule has 0 spiro atoms. The van der Waals surface area contributed by atoms with E-state index in [1.54, 1.807) is 7.05 Å². The minimum atomic E-state index is -0.534. The Hall–Kier alpha value is -3.66. The van der Waals surface area contributed by atoms with Crippen LogP contribution in [0.3, 0.4) is 0 Å². The first kappa shape index (κ1) is 19.6. The van der Waals surface area contributed by atoms with Gasteiger partial charge in [-0.25, -0.2) is 4.98 Å². The topological polar surface area (TPSA) is 116 Å². The zero-order valence-corrected chi connectivity index (χ0v) is 17.0. The van der Waals surface area contributed by atoms with Gasteiger partial charge in [0.05, 0.1) is 16.2 Å². The van der Waals surface area contributed by atoms with Gasteiger partial charge in [0, 0.05) is 36.2 Å². The van der Waals surface area contributed by atoms with Crippen LogP contribution in [-0.2, 0) is 6.42 Å². The molecule has 9 nitrogen and oxygen atoms in total. The maximum absolute atomic E-state index is 12.7. The van der Waals surface area contributed by atoms with Crippen molar-refractivity contribution in [2.45, 2.75) is 13.3 Å². The lowest BCUT2D eigenvalue weighted by Crippen LogP contribution is -2.14. The lowest BCUT2D eigenvalue weighted by molar-refractivity contribution is -0.384. The van der Waals surface area contributed by atoms with E-state index in [0.717, 1.165) is 21.9 Å². The van der Waals surface area contributed by atoms with E-state index in [-0.39, 0.29) is 18.0 Å². The standard InChI is InChI=1S/C20H18N4O5S/c1-11-18(8-12-3-6-16-17(7-12)29-10-28-16)30-20(22-11)23-19(25)14-9-13(24(26)27)4-5-15(14)21-2/h3-7,9,21H,8,10H2,1-2H3,(H,22,23,25). The molecule has 2 heterocycles. The summed E-state index contributed by atoms with van der Waals surface area (Å²) in [5.41, 5.74) is 2.36. The number of aromatic nitrogens is 1. The van der Waals surface area contributed by atoms with E-state index in [9.17, 15) is 14.9 Å². The second kappa shape index (κ2) is 7.99. The lowest BCUT2D eigenvalue weighted by Gasteiger charge is -2.08. The van der Waals surface area contributed by atoms with Gasteiger partial charge < -0.3 is 14.8 Å². The zero-order chi connectivity index (χ0) is 21.3. The third kappa shape index (κ3) is 3.90. The molecule has 0 aliphatic carbocycles. The average molecular weight is 426 g/mol. The van der Waals surface area contributed by atoms with Crippen LogP contribution in [0, 0.1) is 17.0 Å². The summed E-state index contributed by atoms with van der Waals surface area (Å²) in [6, 6.07) is 9.87. The molecule has 1 aliphatic rings. The van der Waals surface area contributed by atoms with Crippen LogP contribution in [0.4, 0.5) is 16.5 Å². The highest BCUT2D eigenvalue weighted by Crippen LogP contribution is 2.34. The molecule has 0 fully saturated rings. The van der Waals surface area contributed by atoms with Crippen molar-refractivity contribution in [1.29, 1.82) is 0 Å². The molecule has 0 saturated heterocycles. The molecule has 3 aromatic rings. The first-order chi connectivity index (χ1) is 14.4. The number of non-ortho nitro benzene ring substituents is 1. The average Bonchev–Trinajstić information content (AvgIpc) is 3.33. The number of carbonyl (C=O) groups excluding carboxylic acids is 1. The van der Waals surface area contributed by atoms with Crippen molar-refractivity contribution in [2.24, 2.45) is 0 Å². The van der Waals surface area contributed by atoms with Gasteiger partial charge in [0.2, 0.25) is 6.79 Å². The molecule has 154 valence electrons. The van der Waals surface area contributed by atoms with Crippen molar-refractivity contribution in [3.8, 4) is 11.5 Å². The van der Waals surface area contributed by atoms with Gasteiger partial charge in [-0.05, 0) is 30.7 Å². The number of thiazole rings is 1. The SMILES string of the molecule is CNc1ccc([N+](=O)[O-])cc1C(=O)Nc1nc(C)c(Cc2ccc3c(c2)OCO3)s1. The molecule has 0 bridgehead atoms. The fourth-order valence-corrected chi connectivity index (χ4v) is 4.09. The van der Waals surface area contributed by atoms with E-state index < -0.39 is 10.8 Å². The molecule has 0 atom stereocenters. The number of nitro benzene ring substituents is 1. The molecule has 0 saturated carbocycles. The Kier molecular flexibility index (Phi) is 5.23. The van der Waals surface area contributed by atoms with Gasteiger partial charge in [-0.15, -0.1) is 11.3 Å². The van der Waals surface area contributed by atoms with Gasteiger partial charge in [-0.1, -0.05) is 6.07 Å². The summed E-state index contributed by atoms with van der Waals surface area (Å²) >= 11 is 1.37. The second-order valence-electron chi connectivity index (χ2n) is 6.58. The van der Waals surface area contributed by atoms with E-state index in [1.165, 1.54) is 29.5 Å². The number of fused-ring (bicyclic) bond motifs is 1. The Labute approximate surface area is 175 Å². The summed E-state index contributed by atoms with van der Waals surface area (Å²) in [5, 5.41) is 17.1. The monoisotopic (exact) mass is 426 g/mol. The quantitative estimate of drug-likeness (QED) is 0.452. The molecule has 1 aromatic heterocycles. The summed E-state index contributed by atoms with van der Waals surface area (Å²) in [4.78, 5) is 28.7. The molecule has 0 radical (unpaired) electrons. The molecule has 2 N–H and O–H groups in total. The highest BCUT2D eigenvalue weighted by atomic mass is 32.1. The molecular weight excluding hydrogens is 408 g/mol. The van der Waals surface area contributed by atoms with Crippen molar-refractivity contribution in [3.05, 3.63) is 68.2 Å². The third-order valence-corrected chi connectivity index (χ3v) is 5.72. The Bertz CT molecular complexity index is 1140. The number of nitrogens with one attached hydrogen (secondary N) is 2. The predicted molar refractivity (Wildman–Crippen MR) is 113 cm³/mol. The highest BCUT2D eigenvalue weighted by molar-refractivity contribution is 7.15. The van der Waals surface area contributed by atoms with Gasteiger partial charge in [-0.2, -0.15) is 0 Å². The summed E-state index contributed by atoms with van der Waals surface area (Å²) in [6.07, 6.45) is 0.634. The number of nitro groups is 1. The van der Waals surface area contributed by atoms with Crippen LogP contribution < -0.4 is 20.1 Å². The van der Waals surface area contributed by atoms with Gasteiger partial charge in [0.1, 0.15) is 0 Å². The summed E-state index contributed by atoms with van der Waals surface area (Å²) in [5.74, 6) is 0.977. The largest absolute Gasteiger partial charge is 0.454 e. The van der Waals surface area contributed by atoms with Gasteiger partial charge in [0.15, 0.2) is 16.6 Å². The van der Waals surface area contributed by atoms with E-state index in [4.69, 9.17) is 9.47 Å². The van der Waals surface area contributed by atoms with Gasteiger partial charge in [0.25, 0.3) is 11.6 Å². The Morgan fingerprint density at radius 3 is 2.80 bits per heavy atom. The van der Waals surface area contributed by atoms with E-state index in [2.05, 4.69) is 15.6 Å². The number of carbonyl (C=O) groups is 1. The van der Waals surface area contributed by atoms with E-state index in [0.29, 0.717) is 23.0 Å². The summed E-state index contributed by atoms with van der Waals surface area (Å²) < 4.78 is 10.7. The molecule has 10 heteroatoms. The van der Waals surface area contributed by atoms with Crippen LogP contribution in [0.1, 0.15) is 26.5 Å². The molecule has 0 unspecified atom stereocenters.